The van der Waals surface area contributed by atoms with Crippen LogP contribution in [0.25, 0.3) is 0 Å². The van der Waals surface area contributed by atoms with Crippen LogP contribution in [-0.4, -0.2) is 68.0 Å². The summed E-state index contributed by atoms with van der Waals surface area (Å²) in [5.41, 5.74) is 0. The van der Waals surface area contributed by atoms with Crippen LogP contribution in [0.3, 0.4) is 0 Å². The molecule has 146 valence electrons. The number of hydrogen-bond acceptors (Lipinski definition) is 3. The third kappa shape index (κ3) is 7.72. The highest BCUT2D eigenvalue weighted by atomic mass is 19.1. The molecule has 0 aliphatic carbocycles. The van der Waals surface area contributed by atoms with Gasteiger partial charge in [0, 0.05) is 39.6 Å². The average molecular weight is 366 g/mol. The van der Waals surface area contributed by atoms with Gasteiger partial charge in [-0.3, -0.25) is 9.79 Å². The van der Waals surface area contributed by atoms with Gasteiger partial charge in [0.2, 0.25) is 5.91 Å². The molecule has 0 unspecified atom stereocenters. The minimum atomic E-state index is -0.278. The van der Waals surface area contributed by atoms with Gasteiger partial charge in [0.1, 0.15) is 11.6 Å². The number of hydrogen-bond donors (Lipinski definition) is 1. The summed E-state index contributed by atoms with van der Waals surface area (Å²) in [7, 11) is 1.86. The lowest BCUT2D eigenvalue weighted by Crippen LogP contribution is -2.45. The maximum absolute atomic E-state index is 12.8. The molecule has 0 saturated carbocycles. The number of guanidine groups is 1. The zero-order valence-corrected chi connectivity index (χ0v) is 16.3. The summed E-state index contributed by atoms with van der Waals surface area (Å²) in [6.07, 6.45) is 0.726. The number of benzene rings is 1. The molecule has 0 fully saturated rings. The fourth-order valence-electron chi connectivity index (χ4n) is 2.39. The summed E-state index contributed by atoms with van der Waals surface area (Å²) in [5, 5.41) is 3.20. The van der Waals surface area contributed by atoms with E-state index >= 15 is 0 Å². The molecular formula is C19H31FN4O2. The van der Waals surface area contributed by atoms with E-state index in [1.54, 1.807) is 17.0 Å². The van der Waals surface area contributed by atoms with Crippen LogP contribution in [0.1, 0.15) is 27.2 Å². The Bertz CT molecular complexity index is 559. The van der Waals surface area contributed by atoms with Crippen molar-refractivity contribution in [1.82, 2.24) is 15.1 Å². The van der Waals surface area contributed by atoms with Crippen LogP contribution in [0.15, 0.2) is 29.3 Å². The van der Waals surface area contributed by atoms with Crippen molar-refractivity contribution < 1.29 is 13.9 Å². The van der Waals surface area contributed by atoms with Crippen LogP contribution in [0, 0.1) is 5.82 Å². The quantitative estimate of drug-likeness (QED) is 0.392. The second kappa shape index (κ2) is 12.1. The highest BCUT2D eigenvalue weighted by Crippen LogP contribution is 2.11. The Hall–Kier alpha value is -2.31. The number of carbonyl (C=O) groups excluding carboxylic acids is 1. The normalized spacial score (nSPS) is 11.2. The molecular weight excluding hydrogens is 335 g/mol. The largest absolute Gasteiger partial charge is 0.494 e. The van der Waals surface area contributed by atoms with E-state index < -0.39 is 0 Å². The fraction of sp³-hybridized carbons (Fsp3) is 0.579. The number of likely N-dealkylation sites (N-methyl/N-ethyl adjacent to an activating group) is 2. The molecule has 0 heterocycles. The molecule has 1 amide bonds. The van der Waals surface area contributed by atoms with Crippen molar-refractivity contribution in [3.8, 4) is 5.75 Å². The summed E-state index contributed by atoms with van der Waals surface area (Å²) >= 11 is 0. The van der Waals surface area contributed by atoms with Gasteiger partial charge in [-0.25, -0.2) is 4.39 Å². The highest BCUT2D eigenvalue weighted by molar-refractivity contribution is 5.86. The van der Waals surface area contributed by atoms with E-state index in [1.807, 2.05) is 32.7 Å². The van der Waals surface area contributed by atoms with Crippen LogP contribution < -0.4 is 10.1 Å². The molecule has 1 aromatic rings. The minimum Gasteiger partial charge on any atom is -0.494 e. The van der Waals surface area contributed by atoms with Crippen molar-refractivity contribution in [2.24, 2.45) is 4.99 Å². The van der Waals surface area contributed by atoms with Crippen LogP contribution in [0.5, 0.6) is 5.75 Å². The highest BCUT2D eigenvalue weighted by Gasteiger charge is 2.14. The van der Waals surface area contributed by atoms with Crippen LogP contribution >= 0.6 is 0 Å². The molecule has 0 radical (unpaired) electrons. The van der Waals surface area contributed by atoms with E-state index in [9.17, 15) is 9.18 Å². The van der Waals surface area contributed by atoms with E-state index in [4.69, 9.17) is 4.74 Å². The van der Waals surface area contributed by atoms with E-state index in [2.05, 4.69) is 10.3 Å². The minimum absolute atomic E-state index is 0.0859. The molecule has 0 bridgehead atoms. The summed E-state index contributed by atoms with van der Waals surface area (Å²) < 4.78 is 18.4. The molecule has 0 aliphatic rings. The second-order valence-electron chi connectivity index (χ2n) is 5.81. The molecule has 0 atom stereocenters. The van der Waals surface area contributed by atoms with Crippen molar-refractivity contribution in [3.05, 3.63) is 30.1 Å². The number of aliphatic imine (C=N–C) groups is 1. The van der Waals surface area contributed by atoms with Gasteiger partial charge >= 0.3 is 0 Å². The van der Waals surface area contributed by atoms with Crippen molar-refractivity contribution in [1.29, 1.82) is 0 Å². The Kier molecular flexibility index (Phi) is 10.1. The molecule has 1 rings (SSSR count). The maximum Gasteiger partial charge on any atom is 0.242 e. The van der Waals surface area contributed by atoms with Crippen molar-refractivity contribution >= 4 is 11.9 Å². The lowest BCUT2D eigenvalue weighted by Gasteiger charge is -2.25. The molecule has 7 heteroatoms. The third-order valence-corrected chi connectivity index (χ3v) is 3.83. The number of rotatable bonds is 10. The zero-order chi connectivity index (χ0) is 19.4. The first kappa shape index (κ1) is 21.7. The topological polar surface area (TPSA) is 57.2 Å². The summed E-state index contributed by atoms with van der Waals surface area (Å²) in [6.45, 7) is 9.45. The zero-order valence-electron chi connectivity index (χ0n) is 16.3. The molecule has 1 aromatic carbocycles. The predicted octanol–water partition coefficient (Wildman–Crippen LogP) is 2.36. The van der Waals surface area contributed by atoms with E-state index in [0.29, 0.717) is 44.5 Å². The fourth-order valence-corrected chi connectivity index (χ4v) is 2.39. The van der Waals surface area contributed by atoms with Crippen LogP contribution in [0.2, 0.25) is 0 Å². The molecule has 0 aliphatic heterocycles. The SMILES string of the molecule is CCNC(=NCCCOc1ccc(F)cc1)N(C)CC(=O)N(CC)CC. The third-order valence-electron chi connectivity index (χ3n) is 3.83. The molecule has 26 heavy (non-hydrogen) atoms. The van der Waals surface area contributed by atoms with Crippen LogP contribution in [0.4, 0.5) is 4.39 Å². The van der Waals surface area contributed by atoms with Gasteiger partial charge < -0.3 is 19.9 Å². The Morgan fingerprint density at radius 3 is 2.42 bits per heavy atom. The summed E-state index contributed by atoms with van der Waals surface area (Å²) in [6, 6.07) is 5.96. The number of nitrogens with zero attached hydrogens (tertiary/aromatic N) is 3. The van der Waals surface area contributed by atoms with E-state index in [-0.39, 0.29) is 11.7 Å². The average Bonchev–Trinajstić information content (AvgIpc) is 2.63. The lowest BCUT2D eigenvalue weighted by molar-refractivity contribution is -0.131. The maximum atomic E-state index is 12.8. The monoisotopic (exact) mass is 366 g/mol. The van der Waals surface area contributed by atoms with E-state index in [0.717, 1.165) is 13.0 Å². The molecule has 1 N–H and O–H groups in total. The van der Waals surface area contributed by atoms with Gasteiger partial charge in [-0.1, -0.05) is 0 Å². The standard InChI is InChI=1S/C19H31FN4O2/c1-5-21-19(23(4)15-18(25)24(6-2)7-3)22-13-8-14-26-17-11-9-16(20)10-12-17/h9-12H,5-8,13-15H2,1-4H3,(H,21,22). The van der Waals surface area contributed by atoms with Gasteiger partial charge in [0.25, 0.3) is 0 Å². The Morgan fingerprint density at radius 2 is 1.85 bits per heavy atom. The first-order valence-corrected chi connectivity index (χ1v) is 9.17. The first-order valence-electron chi connectivity index (χ1n) is 9.17. The number of nitrogens with one attached hydrogen (secondary N) is 1. The molecule has 0 saturated heterocycles. The predicted molar refractivity (Wildman–Crippen MR) is 103 cm³/mol. The Labute approximate surface area is 156 Å². The second-order valence-corrected chi connectivity index (χ2v) is 5.81. The van der Waals surface area contributed by atoms with Gasteiger partial charge in [-0.2, -0.15) is 0 Å². The van der Waals surface area contributed by atoms with Gasteiger partial charge in [0.05, 0.1) is 13.2 Å². The van der Waals surface area contributed by atoms with Gasteiger partial charge in [0.15, 0.2) is 5.96 Å². The number of halogens is 1. The summed E-state index contributed by atoms with van der Waals surface area (Å²) in [5.74, 6) is 1.15. The smallest absolute Gasteiger partial charge is 0.242 e. The molecule has 0 spiro atoms. The Balaban J connectivity index is 2.46. The Morgan fingerprint density at radius 1 is 1.19 bits per heavy atom. The number of ether oxygens (including phenoxy) is 1. The van der Waals surface area contributed by atoms with Gasteiger partial charge in [-0.15, -0.1) is 0 Å². The number of amides is 1. The van der Waals surface area contributed by atoms with Crippen molar-refractivity contribution in [2.45, 2.75) is 27.2 Å². The summed E-state index contributed by atoms with van der Waals surface area (Å²) in [4.78, 5) is 20.4. The van der Waals surface area contributed by atoms with Crippen molar-refractivity contribution in [2.75, 3.05) is 46.4 Å². The van der Waals surface area contributed by atoms with E-state index in [1.165, 1.54) is 12.1 Å². The lowest BCUT2D eigenvalue weighted by atomic mass is 10.3. The van der Waals surface area contributed by atoms with Crippen LogP contribution in [-0.2, 0) is 4.79 Å². The van der Waals surface area contributed by atoms with Crippen molar-refractivity contribution in [3.63, 3.8) is 0 Å². The molecule has 0 aromatic heterocycles. The number of carbonyl (C=O) groups is 1. The molecule has 6 nitrogen and oxygen atoms in total. The first-order chi connectivity index (χ1) is 12.5. The van der Waals surface area contributed by atoms with Gasteiger partial charge in [-0.05, 0) is 45.0 Å².